The summed E-state index contributed by atoms with van der Waals surface area (Å²) in [4.78, 5) is 45.3. The molecule has 0 radical (unpaired) electrons. The molecule has 6 rings (SSSR count). The van der Waals surface area contributed by atoms with Crippen LogP contribution in [0, 0.1) is 0 Å². The molecule has 20 heteroatoms. The molecule has 0 bridgehead atoms. The lowest BCUT2D eigenvalue weighted by Crippen LogP contribution is -2.62. The molecule has 2 aliphatic rings. The number of rotatable bonds is 8. The van der Waals surface area contributed by atoms with E-state index in [1.54, 1.807) is 13.8 Å². The summed E-state index contributed by atoms with van der Waals surface area (Å²) in [5, 5.41) is 49.2. The Morgan fingerprint density at radius 2 is 1.40 bits per heavy atom. The highest BCUT2D eigenvalue weighted by molar-refractivity contribution is 5.71. The van der Waals surface area contributed by atoms with Crippen LogP contribution in [-0.4, -0.2) is 115 Å². The van der Waals surface area contributed by atoms with E-state index in [-0.39, 0.29) is 40.8 Å². The van der Waals surface area contributed by atoms with Crippen LogP contribution >= 0.6 is 0 Å². The molecule has 2 aliphatic heterocycles. The second-order valence-corrected chi connectivity index (χ2v) is 11.0. The third-order valence-electron chi connectivity index (χ3n) is 7.61. The van der Waals surface area contributed by atoms with Crippen molar-refractivity contribution < 1.29 is 29.9 Å². The van der Waals surface area contributed by atoms with E-state index in [2.05, 4.69) is 40.5 Å². The first-order valence-electron chi connectivity index (χ1n) is 13.3. The van der Waals surface area contributed by atoms with Crippen LogP contribution in [0.15, 0.2) is 22.2 Å². The normalized spacial score (nSPS) is 29.7. The van der Waals surface area contributed by atoms with E-state index >= 15 is 0 Å². The lowest BCUT2D eigenvalue weighted by Gasteiger charge is -2.35. The van der Waals surface area contributed by atoms with Crippen molar-refractivity contribution in [2.45, 2.75) is 68.5 Å². The summed E-state index contributed by atoms with van der Waals surface area (Å²) in [5.74, 6) is -0.278. The number of aliphatic hydroxyl groups excluding tert-OH is 4. The molecule has 0 saturated carbocycles. The van der Waals surface area contributed by atoms with Crippen molar-refractivity contribution in [1.82, 2.24) is 49.7 Å². The van der Waals surface area contributed by atoms with Gasteiger partial charge in [0.15, 0.2) is 34.8 Å². The summed E-state index contributed by atoms with van der Waals surface area (Å²) in [6, 6.07) is -0.811. The Bertz CT molecular complexity index is 1770. The standard InChI is InChI=1S/C23H32N12O8/c1-23(2,28-3-7-12(37)14(39)20(42-7)35-6-27-11-16(35)30-22(25)32-18(11)41)33-9-8(4-36)43-19(13(9)38)34-5-26-10-15(34)29-21(24)31-17(10)40/h5-9,12-14,19-20,28,33,36-39H,3-4H2,1-2H3,(H3,24,29,31,40)(H3,25,30,32,41)/t7-,8-,9-,12-,13-,14-,19-,20-/m1/s1. The van der Waals surface area contributed by atoms with Crippen LogP contribution in [0.1, 0.15) is 26.3 Å². The first-order chi connectivity index (χ1) is 20.4. The van der Waals surface area contributed by atoms with Crippen LogP contribution in [-0.2, 0) is 9.47 Å². The van der Waals surface area contributed by atoms with Crippen LogP contribution in [0.5, 0.6) is 0 Å². The number of nitrogens with two attached hydrogens (primary N) is 2. The molecule has 0 spiro atoms. The molecule has 0 aliphatic carbocycles. The molecule has 12 N–H and O–H groups in total. The van der Waals surface area contributed by atoms with E-state index in [0.717, 1.165) is 0 Å². The maximum atomic E-state index is 12.2. The van der Waals surface area contributed by atoms with Gasteiger partial charge in [0.25, 0.3) is 11.1 Å². The summed E-state index contributed by atoms with van der Waals surface area (Å²) in [6.07, 6.45) is -5.30. The lowest BCUT2D eigenvalue weighted by molar-refractivity contribution is -0.0491. The third-order valence-corrected chi connectivity index (χ3v) is 7.61. The molecule has 0 amide bonds. The SMILES string of the molecule is CC(C)(NC[C@H]1O[C@@H](n2cnc3c(=O)[nH]c(N)nc32)[C@H](O)[C@@H]1O)N[C@H]1[C@@H](O)[C@H](n2cnc3c(=O)[nH]c(N)nc32)O[C@@H]1CO. The Morgan fingerprint density at radius 1 is 0.884 bits per heavy atom. The number of hydrogen-bond donors (Lipinski definition) is 10. The van der Waals surface area contributed by atoms with Gasteiger partial charge < -0.3 is 41.4 Å². The number of ether oxygens (including phenoxy) is 2. The minimum absolute atomic E-state index is 0.00443. The minimum atomic E-state index is -1.38. The van der Waals surface area contributed by atoms with Gasteiger partial charge in [-0.05, 0) is 13.8 Å². The number of hydrogen-bond acceptors (Lipinski definition) is 16. The van der Waals surface area contributed by atoms with Gasteiger partial charge >= 0.3 is 0 Å². The molecule has 232 valence electrons. The van der Waals surface area contributed by atoms with Crippen LogP contribution in [0.2, 0.25) is 0 Å². The van der Waals surface area contributed by atoms with Gasteiger partial charge in [0.1, 0.15) is 30.5 Å². The number of aromatic amines is 2. The van der Waals surface area contributed by atoms with Gasteiger partial charge in [-0.3, -0.25) is 39.3 Å². The fourth-order valence-electron chi connectivity index (χ4n) is 5.52. The first-order valence-corrected chi connectivity index (χ1v) is 13.3. The molecule has 2 fully saturated rings. The van der Waals surface area contributed by atoms with Gasteiger partial charge in [-0.25, -0.2) is 9.97 Å². The number of aromatic nitrogens is 8. The summed E-state index contributed by atoms with van der Waals surface area (Å²) in [6.45, 7) is 3.11. The second-order valence-electron chi connectivity index (χ2n) is 11.0. The second kappa shape index (κ2) is 10.6. The fourth-order valence-corrected chi connectivity index (χ4v) is 5.52. The number of H-pyrrole nitrogens is 2. The fraction of sp³-hybridized carbons (Fsp3) is 0.565. The third kappa shape index (κ3) is 5.02. The van der Waals surface area contributed by atoms with E-state index in [1.165, 1.54) is 21.8 Å². The average Bonchev–Trinajstić information content (AvgIpc) is 3.69. The van der Waals surface area contributed by atoms with Gasteiger partial charge in [0, 0.05) is 6.54 Å². The number of aliphatic hydroxyl groups is 4. The Balaban J connectivity index is 1.15. The van der Waals surface area contributed by atoms with Gasteiger partial charge in [-0.1, -0.05) is 0 Å². The number of imidazole rings is 2. The van der Waals surface area contributed by atoms with Crippen molar-refractivity contribution in [3.8, 4) is 0 Å². The molecule has 8 atom stereocenters. The zero-order valence-corrected chi connectivity index (χ0v) is 22.9. The van der Waals surface area contributed by atoms with Gasteiger partial charge in [-0.2, -0.15) is 9.97 Å². The van der Waals surface area contributed by atoms with Crippen molar-refractivity contribution in [2.75, 3.05) is 24.6 Å². The van der Waals surface area contributed by atoms with Crippen LogP contribution in [0.25, 0.3) is 22.3 Å². The predicted octanol–water partition coefficient (Wildman–Crippen LogP) is -4.43. The predicted molar refractivity (Wildman–Crippen MR) is 147 cm³/mol. The number of nitrogens with one attached hydrogen (secondary N) is 4. The number of fused-ring (bicyclic) bond motifs is 2. The molecule has 4 aromatic heterocycles. The van der Waals surface area contributed by atoms with E-state index < -0.39 is 72.4 Å². The van der Waals surface area contributed by atoms with Crippen molar-refractivity contribution in [1.29, 1.82) is 0 Å². The molecule has 6 heterocycles. The molecule has 0 unspecified atom stereocenters. The molecule has 2 saturated heterocycles. The Hall–Kier alpha value is -4.02. The van der Waals surface area contributed by atoms with E-state index in [4.69, 9.17) is 20.9 Å². The summed E-state index contributed by atoms with van der Waals surface area (Å²) in [5.41, 5.74) is 9.49. The van der Waals surface area contributed by atoms with Crippen LogP contribution in [0.3, 0.4) is 0 Å². The highest BCUT2D eigenvalue weighted by Gasteiger charge is 2.48. The lowest BCUT2D eigenvalue weighted by atomic mass is 10.0. The summed E-state index contributed by atoms with van der Waals surface area (Å²) in [7, 11) is 0. The highest BCUT2D eigenvalue weighted by Crippen LogP contribution is 2.33. The summed E-state index contributed by atoms with van der Waals surface area (Å²) < 4.78 is 14.6. The first kappa shape index (κ1) is 29.1. The molecule has 4 aromatic rings. The Kier molecular flexibility index (Phi) is 7.17. The summed E-state index contributed by atoms with van der Waals surface area (Å²) >= 11 is 0. The van der Waals surface area contributed by atoms with Crippen molar-refractivity contribution in [2.24, 2.45) is 0 Å². The van der Waals surface area contributed by atoms with Gasteiger partial charge in [-0.15, -0.1) is 0 Å². The minimum Gasteiger partial charge on any atom is -0.394 e. The smallest absolute Gasteiger partial charge is 0.280 e. The molecule has 20 nitrogen and oxygen atoms in total. The maximum absolute atomic E-state index is 12.2. The van der Waals surface area contributed by atoms with Gasteiger partial charge in [0.2, 0.25) is 11.9 Å². The highest BCUT2D eigenvalue weighted by atomic mass is 16.6. The van der Waals surface area contributed by atoms with Crippen LogP contribution < -0.4 is 33.2 Å². The topological polar surface area (TPSA) is 303 Å². The molecule has 0 aromatic carbocycles. The Morgan fingerprint density at radius 3 is 1.93 bits per heavy atom. The van der Waals surface area contributed by atoms with E-state index in [9.17, 15) is 30.0 Å². The largest absolute Gasteiger partial charge is 0.394 e. The van der Waals surface area contributed by atoms with E-state index in [1.807, 2.05) is 0 Å². The quantitative estimate of drug-likeness (QED) is 0.0848. The number of anilines is 2. The maximum Gasteiger partial charge on any atom is 0.280 e. The van der Waals surface area contributed by atoms with E-state index in [0.29, 0.717) is 0 Å². The monoisotopic (exact) mass is 604 g/mol. The number of nitrogens with zero attached hydrogens (tertiary/aromatic N) is 6. The molecular weight excluding hydrogens is 572 g/mol. The van der Waals surface area contributed by atoms with Crippen molar-refractivity contribution in [3.63, 3.8) is 0 Å². The molecular formula is C23H32N12O8. The van der Waals surface area contributed by atoms with Crippen LogP contribution in [0.4, 0.5) is 11.9 Å². The van der Waals surface area contributed by atoms with Gasteiger partial charge in [0.05, 0.1) is 31.0 Å². The zero-order valence-electron chi connectivity index (χ0n) is 22.9. The van der Waals surface area contributed by atoms with Crippen molar-refractivity contribution >= 4 is 34.2 Å². The van der Waals surface area contributed by atoms with Crippen molar-refractivity contribution in [3.05, 3.63) is 33.4 Å². The average molecular weight is 605 g/mol. The number of nitrogen functional groups attached to an aromatic ring is 2. The molecule has 43 heavy (non-hydrogen) atoms. The zero-order chi connectivity index (χ0) is 30.8. The Labute approximate surface area is 240 Å².